The van der Waals surface area contributed by atoms with Crippen molar-refractivity contribution in [2.45, 2.75) is 31.7 Å². The topological polar surface area (TPSA) is 29.1 Å². The van der Waals surface area contributed by atoms with E-state index in [0.29, 0.717) is 12.5 Å². The molecule has 2 nitrogen and oxygen atoms in total. The van der Waals surface area contributed by atoms with Crippen molar-refractivity contribution in [3.63, 3.8) is 0 Å². The number of hydrogen-bond acceptors (Lipinski definition) is 1. The molecule has 0 aromatic heterocycles. The molecule has 1 atom stereocenters. The van der Waals surface area contributed by atoms with Crippen LogP contribution in [0.3, 0.4) is 0 Å². The molecule has 1 aliphatic carbocycles. The molecule has 1 aromatic rings. The summed E-state index contributed by atoms with van der Waals surface area (Å²) in [5.74, 6) is 0.154. The van der Waals surface area contributed by atoms with Gasteiger partial charge in [0, 0.05) is 17.8 Å². The Morgan fingerprint density at radius 2 is 2.12 bits per heavy atom. The summed E-state index contributed by atoms with van der Waals surface area (Å²) in [6.45, 7) is 0. The van der Waals surface area contributed by atoms with Crippen LogP contribution in [0.2, 0.25) is 0 Å². The predicted molar refractivity (Wildman–Crippen MR) is 68.8 cm³/mol. The van der Waals surface area contributed by atoms with Gasteiger partial charge in [0.2, 0.25) is 5.91 Å². The second-order valence-electron chi connectivity index (χ2n) is 4.21. The van der Waals surface area contributed by atoms with Crippen molar-refractivity contribution < 1.29 is 4.79 Å². The van der Waals surface area contributed by atoms with Crippen LogP contribution in [0, 0.1) is 0 Å². The lowest BCUT2D eigenvalue weighted by atomic mass is 9.88. The molecule has 1 N–H and O–H groups in total. The molecule has 0 radical (unpaired) electrons. The van der Waals surface area contributed by atoms with Crippen molar-refractivity contribution in [3.8, 4) is 0 Å². The van der Waals surface area contributed by atoms with Crippen LogP contribution in [0.1, 0.15) is 24.0 Å². The SMILES string of the molecule is O=C(CCBr)NC1CCc2ccccc2C1. The maximum atomic E-state index is 11.5. The molecule has 3 heteroatoms. The maximum Gasteiger partial charge on any atom is 0.221 e. The van der Waals surface area contributed by atoms with Crippen molar-refractivity contribution in [3.05, 3.63) is 35.4 Å². The summed E-state index contributed by atoms with van der Waals surface area (Å²) in [7, 11) is 0. The zero-order valence-corrected chi connectivity index (χ0v) is 10.8. The highest BCUT2D eigenvalue weighted by Gasteiger charge is 2.19. The van der Waals surface area contributed by atoms with E-state index in [2.05, 4.69) is 45.5 Å². The van der Waals surface area contributed by atoms with E-state index >= 15 is 0 Å². The first-order valence-electron chi connectivity index (χ1n) is 5.71. The lowest BCUT2D eigenvalue weighted by Crippen LogP contribution is -2.38. The summed E-state index contributed by atoms with van der Waals surface area (Å²) in [5.41, 5.74) is 2.83. The van der Waals surface area contributed by atoms with Crippen LogP contribution in [0.4, 0.5) is 0 Å². The van der Waals surface area contributed by atoms with Crippen LogP contribution in [0.25, 0.3) is 0 Å². The Labute approximate surface area is 105 Å². The van der Waals surface area contributed by atoms with Gasteiger partial charge in [0.1, 0.15) is 0 Å². The van der Waals surface area contributed by atoms with Gasteiger partial charge in [0.15, 0.2) is 0 Å². The van der Waals surface area contributed by atoms with E-state index in [9.17, 15) is 4.79 Å². The smallest absolute Gasteiger partial charge is 0.221 e. The standard InChI is InChI=1S/C13H16BrNO/c14-8-7-13(16)15-12-6-5-10-3-1-2-4-11(10)9-12/h1-4,12H,5-9H2,(H,15,16). The minimum atomic E-state index is 0.154. The van der Waals surface area contributed by atoms with Crippen molar-refractivity contribution in [2.24, 2.45) is 0 Å². The van der Waals surface area contributed by atoms with E-state index in [1.165, 1.54) is 11.1 Å². The van der Waals surface area contributed by atoms with Crippen molar-refractivity contribution >= 4 is 21.8 Å². The molecule has 0 fully saturated rings. The number of fused-ring (bicyclic) bond motifs is 1. The first kappa shape index (κ1) is 11.6. The quantitative estimate of drug-likeness (QED) is 0.848. The normalized spacial score (nSPS) is 18.9. The van der Waals surface area contributed by atoms with Gasteiger partial charge < -0.3 is 5.32 Å². The van der Waals surface area contributed by atoms with Crippen LogP contribution in [-0.4, -0.2) is 17.3 Å². The van der Waals surface area contributed by atoms with Gasteiger partial charge >= 0.3 is 0 Å². The molecule has 1 unspecified atom stereocenters. The number of halogens is 1. The summed E-state index contributed by atoms with van der Waals surface area (Å²) in [4.78, 5) is 11.5. The third-order valence-electron chi connectivity index (χ3n) is 3.03. The third-order valence-corrected chi connectivity index (χ3v) is 3.43. The summed E-state index contributed by atoms with van der Waals surface area (Å²) in [6.07, 6.45) is 3.68. The number of rotatable bonds is 3. The van der Waals surface area contributed by atoms with Gasteiger partial charge in [-0.05, 0) is 30.4 Å². The average Bonchev–Trinajstić information content (AvgIpc) is 2.29. The van der Waals surface area contributed by atoms with Gasteiger partial charge in [-0.3, -0.25) is 4.79 Å². The van der Waals surface area contributed by atoms with E-state index in [1.807, 2.05) is 0 Å². The van der Waals surface area contributed by atoms with Crippen LogP contribution in [0.15, 0.2) is 24.3 Å². The Bertz CT molecular complexity index is 378. The fourth-order valence-corrected chi connectivity index (χ4v) is 2.57. The summed E-state index contributed by atoms with van der Waals surface area (Å²) in [6, 6.07) is 8.83. The Kier molecular flexibility index (Phi) is 3.99. The Morgan fingerprint density at radius 3 is 2.88 bits per heavy atom. The molecular formula is C13H16BrNO. The maximum absolute atomic E-state index is 11.5. The minimum absolute atomic E-state index is 0.154. The van der Waals surface area contributed by atoms with Crippen LogP contribution in [-0.2, 0) is 17.6 Å². The van der Waals surface area contributed by atoms with E-state index in [-0.39, 0.29) is 5.91 Å². The highest BCUT2D eigenvalue weighted by molar-refractivity contribution is 9.09. The Hall–Kier alpha value is -0.830. The van der Waals surface area contributed by atoms with Crippen LogP contribution >= 0.6 is 15.9 Å². The lowest BCUT2D eigenvalue weighted by Gasteiger charge is -2.25. The summed E-state index contributed by atoms with van der Waals surface area (Å²) in [5, 5.41) is 3.83. The van der Waals surface area contributed by atoms with Crippen LogP contribution in [0.5, 0.6) is 0 Å². The molecule has 0 bridgehead atoms. The molecule has 0 aliphatic heterocycles. The molecule has 0 spiro atoms. The van der Waals surface area contributed by atoms with Gasteiger partial charge in [0.05, 0.1) is 0 Å². The highest BCUT2D eigenvalue weighted by Crippen LogP contribution is 2.20. The van der Waals surface area contributed by atoms with Crippen molar-refractivity contribution in [2.75, 3.05) is 5.33 Å². The highest BCUT2D eigenvalue weighted by atomic mass is 79.9. The molecule has 1 aromatic carbocycles. The number of alkyl halides is 1. The first-order valence-corrected chi connectivity index (χ1v) is 6.84. The number of carbonyl (C=O) groups is 1. The fourth-order valence-electron chi connectivity index (χ4n) is 2.21. The third kappa shape index (κ3) is 2.85. The average molecular weight is 282 g/mol. The molecule has 1 aliphatic rings. The monoisotopic (exact) mass is 281 g/mol. The second kappa shape index (κ2) is 5.48. The van der Waals surface area contributed by atoms with E-state index in [4.69, 9.17) is 0 Å². The molecule has 16 heavy (non-hydrogen) atoms. The zero-order chi connectivity index (χ0) is 11.4. The van der Waals surface area contributed by atoms with E-state index in [1.54, 1.807) is 0 Å². The second-order valence-corrected chi connectivity index (χ2v) is 5.01. The number of amides is 1. The molecule has 0 heterocycles. The van der Waals surface area contributed by atoms with Crippen LogP contribution < -0.4 is 5.32 Å². The van der Waals surface area contributed by atoms with Crippen molar-refractivity contribution in [1.29, 1.82) is 0 Å². The summed E-state index contributed by atoms with van der Waals surface area (Å²) >= 11 is 3.28. The first-order chi connectivity index (χ1) is 7.79. The largest absolute Gasteiger partial charge is 0.353 e. The molecule has 86 valence electrons. The number of carbonyl (C=O) groups excluding carboxylic acids is 1. The zero-order valence-electron chi connectivity index (χ0n) is 9.21. The number of aryl methyl sites for hydroxylation is 1. The van der Waals surface area contributed by atoms with Crippen molar-refractivity contribution in [1.82, 2.24) is 5.32 Å². The minimum Gasteiger partial charge on any atom is -0.353 e. The fraction of sp³-hybridized carbons (Fsp3) is 0.462. The Balaban J connectivity index is 1.95. The number of nitrogens with one attached hydrogen (secondary N) is 1. The van der Waals surface area contributed by atoms with Gasteiger partial charge in [-0.1, -0.05) is 40.2 Å². The van der Waals surface area contributed by atoms with Gasteiger partial charge in [-0.2, -0.15) is 0 Å². The van der Waals surface area contributed by atoms with E-state index < -0.39 is 0 Å². The molecule has 1 amide bonds. The summed E-state index contributed by atoms with van der Waals surface area (Å²) < 4.78 is 0. The van der Waals surface area contributed by atoms with Gasteiger partial charge in [-0.15, -0.1) is 0 Å². The number of benzene rings is 1. The molecule has 0 saturated carbocycles. The Morgan fingerprint density at radius 1 is 1.38 bits per heavy atom. The molecular weight excluding hydrogens is 266 g/mol. The van der Waals surface area contributed by atoms with Gasteiger partial charge in [-0.25, -0.2) is 0 Å². The lowest BCUT2D eigenvalue weighted by molar-refractivity contribution is -0.121. The predicted octanol–water partition coefficient (Wildman–Crippen LogP) is 2.45. The molecule has 0 saturated heterocycles. The van der Waals surface area contributed by atoms with E-state index in [0.717, 1.165) is 24.6 Å². The molecule has 2 rings (SSSR count). The van der Waals surface area contributed by atoms with Gasteiger partial charge in [0.25, 0.3) is 0 Å². The number of hydrogen-bond donors (Lipinski definition) is 1.